The molecule has 0 bridgehead atoms. The molecule has 0 aromatic heterocycles. The molecule has 27 heavy (non-hydrogen) atoms. The molecule has 2 aromatic rings. The molecule has 2 N–H and O–H groups in total. The summed E-state index contributed by atoms with van der Waals surface area (Å²) in [6, 6.07) is 12.5. The summed E-state index contributed by atoms with van der Waals surface area (Å²) in [6.07, 6.45) is 1.66. The van der Waals surface area contributed by atoms with Gasteiger partial charge < -0.3 is 15.3 Å². The lowest BCUT2D eigenvalue weighted by Gasteiger charge is -2.37. The quantitative estimate of drug-likeness (QED) is 0.818. The van der Waals surface area contributed by atoms with Gasteiger partial charge in [0.05, 0.1) is 17.6 Å². The predicted molar refractivity (Wildman–Crippen MR) is 99.8 cm³/mol. The van der Waals surface area contributed by atoms with Crippen LogP contribution < -0.4 is 5.32 Å². The van der Waals surface area contributed by atoms with Gasteiger partial charge in [0.15, 0.2) is 0 Å². The van der Waals surface area contributed by atoms with Crippen LogP contribution in [0.5, 0.6) is 0 Å². The van der Waals surface area contributed by atoms with Crippen LogP contribution in [0.15, 0.2) is 48.5 Å². The van der Waals surface area contributed by atoms with Crippen molar-refractivity contribution in [3.8, 4) is 0 Å². The van der Waals surface area contributed by atoms with Crippen LogP contribution in [0.1, 0.15) is 47.3 Å². The minimum absolute atomic E-state index is 0.0419. The van der Waals surface area contributed by atoms with E-state index < -0.39 is 5.97 Å². The number of likely N-dealkylation sites (tertiary alicyclic amines) is 1. The number of nitrogens with one attached hydrogen (secondary N) is 1. The van der Waals surface area contributed by atoms with Crippen LogP contribution in [0.4, 0.5) is 4.39 Å². The van der Waals surface area contributed by atoms with Crippen LogP contribution in [0.3, 0.4) is 0 Å². The highest BCUT2D eigenvalue weighted by atomic mass is 19.1. The van der Waals surface area contributed by atoms with E-state index in [9.17, 15) is 14.0 Å². The first kappa shape index (κ1) is 19.0. The monoisotopic (exact) mass is 370 g/mol. The van der Waals surface area contributed by atoms with E-state index in [4.69, 9.17) is 5.11 Å². The van der Waals surface area contributed by atoms with Gasteiger partial charge >= 0.3 is 5.97 Å². The fourth-order valence-corrected chi connectivity index (χ4v) is 3.40. The van der Waals surface area contributed by atoms with Gasteiger partial charge in [0.2, 0.25) is 5.91 Å². The molecule has 0 spiro atoms. The van der Waals surface area contributed by atoms with Crippen LogP contribution >= 0.6 is 0 Å². The molecular weight excluding hydrogens is 347 g/mol. The number of benzene rings is 2. The Hall–Kier alpha value is -2.73. The number of aromatic carboxylic acids is 1. The number of hydrogen-bond donors (Lipinski definition) is 2. The Bertz CT molecular complexity index is 805. The van der Waals surface area contributed by atoms with Crippen molar-refractivity contribution in [2.75, 3.05) is 6.54 Å². The maximum atomic E-state index is 13.1. The van der Waals surface area contributed by atoms with E-state index >= 15 is 0 Å². The van der Waals surface area contributed by atoms with Crippen molar-refractivity contribution in [1.29, 1.82) is 0 Å². The number of amides is 1. The summed E-state index contributed by atoms with van der Waals surface area (Å²) in [5, 5.41) is 12.2. The van der Waals surface area contributed by atoms with Crippen LogP contribution in [0.25, 0.3) is 0 Å². The first-order valence-electron chi connectivity index (χ1n) is 9.07. The summed E-state index contributed by atoms with van der Waals surface area (Å²) in [6.45, 7) is 3.14. The topological polar surface area (TPSA) is 69.6 Å². The molecular formula is C21H23FN2O3. The van der Waals surface area contributed by atoms with E-state index in [1.165, 1.54) is 12.1 Å². The Kier molecular flexibility index (Phi) is 5.86. The van der Waals surface area contributed by atoms with Crippen LogP contribution in [0.2, 0.25) is 0 Å². The zero-order valence-corrected chi connectivity index (χ0v) is 15.2. The lowest BCUT2D eigenvalue weighted by atomic mass is 9.99. The van der Waals surface area contributed by atoms with Crippen molar-refractivity contribution in [1.82, 2.24) is 10.2 Å². The molecule has 1 amide bonds. The number of halogens is 1. The molecule has 1 aliphatic rings. The molecule has 6 heteroatoms. The predicted octanol–water partition coefficient (Wildman–Crippen LogP) is 3.37. The van der Waals surface area contributed by atoms with Crippen LogP contribution in [-0.4, -0.2) is 34.5 Å². The number of carbonyl (C=O) groups excluding carboxylic acids is 1. The molecule has 1 saturated heterocycles. The van der Waals surface area contributed by atoms with Crippen molar-refractivity contribution in [3.63, 3.8) is 0 Å². The first-order valence-corrected chi connectivity index (χ1v) is 9.07. The second-order valence-corrected chi connectivity index (χ2v) is 6.84. The van der Waals surface area contributed by atoms with Crippen LogP contribution in [-0.2, 0) is 11.3 Å². The molecule has 2 unspecified atom stereocenters. The molecule has 1 fully saturated rings. The lowest BCUT2D eigenvalue weighted by Crippen LogP contribution is -2.51. The average Bonchev–Trinajstić information content (AvgIpc) is 2.67. The summed E-state index contributed by atoms with van der Waals surface area (Å²) >= 11 is 0. The van der Waals surface area contributed by atoms with Gasteiger partial charge in [0.1, 0.15) is 5.82 Å². The summed E-state index contributed by atoms with van der Waals surface area (Å²) in [4.78, 5) is 25.6. The SMILES string of the molecule is CC(c1ccc(F)cc1)N1CCCC(NCc2ccc(C(=O)O)cc2)C1=O. The number of piperidine rings is 1. The van der Waals surface area contributed by atoms with Crippen molar-refractivity contribution < 1.29 is 19.1 Å². The molecule has 2 atom stereocenters. The Morgan fingerprint density at radius 1 is 1.22 bits per heavy atom. The number of carboxylic acids is 1. The average molecular weight is 370 g/mol. The summed E-state index contributed by atoms with van der Waals surface area (Å²) < 4.78 is 13.1. The fraction of sp³-hybridized carbons (Fsp3) is 0.333. The van der Waals surface area contributed by atoms with E-state index in [1.54, 1.807) is 36.4 Å². The zero-order chi connectivity index (χ0) is 19.4. The van der Waals surface area contributed by atoms with Crippen molar-refractivity contribution in [2.45, 2.75) is 38.4 Å². The fourth-order valence-electron chi connectivity index (χ4n) is 3.40. The molecule has 0 radical (unpaired) electrons. The summed E-state index contributed by atoms with van der Waals surface area (Å²) in [5.74, 6) is -1.20. The van der Waals surface area contributed by atoms with Gasteiger partial charge in [-0.25, -0.2) is 9.18 Å². The third-order valence-corrected chi connectivity index (χ3v) is 5.05. The zero-order valence-electron chi connectivity index (χ0n) is 15.2. The molecule has 0 saturated carbocycles. The van der Waals surface area contributed by atoms with Gasteiger partial charge in [-0.15, -0.1) is 0 Å². The normalized spacial score (nSPS) is 18.4. The lowest BCUT2D eigenvalue weighted by molar-refractivity contribution is -0.138. The van der Waals surface area contributed by atoms with Gasteiger partial charge in [-0.2, -0.15) is 0 Å². The highest BCUT2D eigenvalue weighted by Crippen LogP contribution is 2.25. The molecule has 3 rings (SSSR count). The number of hydrogen-bond acceptors (Lipinski definition) is 3. The molecule has 1 heterocycles. The minimum atomic E-state index is -0.956. The van der Waals surface area contributed by atoms with Crippen molar-refractivity contribution in [2.24, 2.45) is 0 Å². The summed E-state index contributed by atoms with van der Waals surface area (Å²) in [7, 11) is 0. The highest BCUT2D eigenvalue weighted by Gasteiger charge is 2.31. The first-order chi connectivity index (χ1) is 13.0. The largest absolute Gasteiger partial charge is 0.478 e. The van der Waals surface area contributed by atoms with E-state index in [0.717, 1.165) is 24.0 Å². The molecule has 0 aliphatic carbocycles. The highest BCUT2D eigenvalue weighted by molar-refractivity contribution is 5.87. The number of carboxylic acid groups (broad SMARTS) is 1. The Labute approximate surface area is 157 Å². The second-order valence-electron chi connectivity index (χ2n) is 6.84. The Balaban J connectivity index is 1.62. The molecule has 142 valence electrons. The van der Waals surface area contributed by atoms with E-state index in [1.807, 2.05) is 11.8 Å². The number of rotatable bonds is 6. The summed E-state index contributed by atoms with van der Waals surface area (Å²) in [5.41, 5.74) is 2.08. The van der Waals surface area contributed by atoms with Crippen molar-refractivity contribution in [3.05, 3.63) is 71.0 Å². The third-order valence-electron chi connectivity index (χ3n) is 5.05. The Morgan fingerprint density at radius 3 is 2.52 bits per heavy atom. The van der Waals surface area contributed by atoms with Gasteiger partial charge in [0.25, 0.3) is 0 Å². The minimum Gasteiger partial charge on any atom is -0.478 e. The maximum absolute atomic E-state index is 13.1. The molecule has 5 nitrogen and oxygen atoms in total. The number of nitrogens with zero attached hydrogens (tertiary/aromatic N) is 1. The Morgan fingerprint density at radius 2 is 1.89 bits per heavy atom. The van der Waals surface area contributed by atoms with E-state index in [2.05, 4.69) is 5.32 Å². The molecule has 1 aliphatic heterocycles. The third kappa shape index (κ3) is 4.52. The van der Waals surface area contributed by atoms with Crippen LogP contribution in [0, 0.1) is 5.82 Å². The van der Waals surface area contributed by atoms with Crippen molar-refractivity contribution >= 4 is 11.9 Å². The van der Waals surface area contributed by atoms with Gasteiger partial charge in [-0.05, 0) is 55.2 Å². The standard InChI is InChI=1S/C21H23FN2O3/c1-14(16-8-10-18(22)11-9-16)24-12-2-3-19(20(24)25)23-13-15-4-6-17(7-5-15)21(26)27/h4-11,14,19,23H,2-3,12-13H2,1H3,(H,26,27). The van der Waals surface area contributed by atoms with E-state index in [-0.39, 0.29) is 29.4 Å². The smallest absolute Gasteiger partial charge is 0.335 e. The van der Waals surface area contributed by atoms with Gasteiger partial charge in [-0.1, -0.05) is 24.3 Å². The maximum Gasteiger partial charge on any atom is 0.335 e. The number of carbonyl (C=O) groups is 2. The molecule has 2 aromatic carbocycles. The van der Waals surface area contributed by atoms with E-state index in [0.29, 0.717) is 13.1 Å². The van der Waals surface area contributed by atoms with Gasteiger partial charge in [0, 0.05) is 13.1 Å². The second kappa shape index (κ2) is 8.31. The van der Waals surface area contributed by atoms with Gasteiger partial charge in [-0.3, -0.25) is 4.79 Å².